The van der Waals surface area contributed by atoms with Gasteiger partial charge in [0.15, 0.2) is 0 Å². The molecule has 0 aliphatic carbocycles. The molecule has 1 aliphatic rings. The van der Waals surface area contributed by atoms with Crippen LogP contribution in [0.25, 0.3) is 0 Å². The van der Waals surface area contributed by atoms with Crippen molar-refractivity contribution in [3.05, 3.63) is 47.3 Å². The van der Waals surface area contributed by atoms with Crippen LogP contribution < -0.4 is 0 Å². The summed E-state index contributed by atoms with van der Waals surface area (Å²) in [4.78, 5) is 24.8. The van der Waals surface area contributed by atoms with Crippen molar-refractivity contribution in [1.29, 1.82) is 0 Å². The average Bonchev–Trinajstić information content (AvgIpc) is 3.14. The Morgan fingerprint density at radius 3 is 3.00 bits per heavy atom. The van der Waals surface area contributed by atoms with Crippen LogP contribution in [0.3, 0.4) is 0 Å². The number of aromatic nitrogens is 3. The van der Waals surface area contributed by atoms with E-state index >= 15 is 0 Å². The summed E-state index contributed by atoms with van der Waals surface area (Å²) in [5.41, 5.74) is 2.18. The molecule has 1 aromatic carbocycles. The van der Waals surface area contributed by atoms with Crippen LogP contribution in [0, 0.1) is 0 Å². The van der Waals surface area contributed by atoms with E-state index in [1.165, 1.54) is 7.11 Å². The van der Waals surface area contributed by atoms with Gasteiger partial charge in [0.1, 0.15) is 11.1 Å². The first-order valence-corrected chi connectivity index (χ1v) is 8.08. The van der Waals surface area contributed by atoms with Crippen LogP contribution in [0.5, 0.6) is 0 Å². The van der Waals surface area contributed by atoms with Crippen LogP contribution in [0.2, 0.25) is 0 Å². The number of methoxy groups -OCH3 is 1. The molecule has 0 N–H and O–H groups in total. The predicted molar refractivity (Wildman–Crippen MR) is 84.9 cm³/mol. The Balaban J connectivity index is 1.75. The number of hydrogen-bond acceptors (Lipinski definition) is 6. The Morgan fingerprint density at radius 1 is 1.48 bits per heavy atom. The fraction of sp³-hybridized carbons (Fsp3) is 0.333. The predicted octanol–water partition coefficient (Wildman–Crippen LogP) is 1.32. The van der Waals surface area contributed by atoms with Gasteiger partial charge in [0.05, 0.1) is 31.2 Å². The standard InChI is InChI=1S/C15H16N4O3S/c1-18-13(20)9-23-14(18)12-8-19(17-16-12)7-10-4-3-5-11(6-10)15(21)22-2/h3-6,8,14H,7,9H2,1-2H3. The van der Waals surface area contributed by atoms with Gasteiger partial charge in [0.25, 0.3) is 0 Å². The van der Waals surface area contributed by atoms with Gasteiger partial charge in [-0.1, -0.05) is 17.3 Å². The number of hydrogen-bond donors (Lipinski definition) is 0. The first-order valence-electron chi connectivity index (χ1n) is 7.03. The number of nitrogens with zero attached hydrogens (tertiary/aromatic N) is 4. The van der Waals surface area contributed by atoms with Crippen molar-refractivity contribution in [1.82, 2.24) is 19.9 Å². The van der Waals surface area contributed by atoms with Crippen LogP contribution in [0.1, 0.15) is 27.0 Å². The molecule has 7 nitrogen and oxygen atoms in total. The van der Waals surface area contributed by atoms with Crippen molar-refractivity contribution >= 4 is 23.6 Å². The zero-order valence-electron chi connectivity index (χ0n) is 12.8. The Hall–Kier alpha value is -2.35. The number of benzene rings is 1. The second-order valence-corrected chi connectivity index (χ2v) is 6.27. The third-order valence-electron chi connectivity index (χ3n) is 3.61. The maximum atomic E-state index is 11.6. The lowest BCUT2D eigenvalue weighted by Gasteiger charge is -2.15. The Labute approximate surface area is 137 Å². The van der Waals surface area contributed by atoms with E-state index in [1.807, 2.05) is 12.3 Å². The highest BCUT2D eigenvalue weighted by atomic mass is 32.2. The smallest absolute Gasteiger partial charge is 0.337 e. The van der Waals surface area contributed by atoms with E-state index < -0.39 is 0 Å². The monoisotopic (exact) mass is 332 g/mol. The van der Waals surface area contributed by atoms with E-state index in [0.29, 0.717) is 17.9 Å². The highest BCUT2D eigenvalue weighted by Crippen LogP contribution is 2.35. The summed E-state index contributed by atoms with van der Waals surface area (Å²) in [6.45, 7) is 0.493. The Bertz CT molecular complexity index is 746. The van der Waals surface area contributed by atoms with E-state index in [0.717, 1.165) is 11.3 Å². The van der Waals surface area contributed by atoms with Crippen LogP contribution >= 0.6 is 11.8 Å². The van der Waals surface area contributed by atoms with E-state index in [9.17, 15) is 9.59 Å². The summed E-state index contributed by atoms with van der Waals surface area (Å²) in [7, 11) is 3.13. The lowest BCUT2D eigenvalue weighted by molar-refractivity contribution is -0.126. The average molecular weight is 332 g/mol. The summed E-state index contributed by atoms with van der Waals surface area (Å²) in [6.07, 6.45) is 1.83. The van der Waals surface area contributed by atoms with Crippen molar-refractivity contribution in [2.45, 2.75) is 11.9 Å². The summed E-state index contributed by atoms with van der Waals surface area (Å²) in [6, 6.07) is 7.19. The fourth-order valence-corrected chi connectivity index (χ4v) is 3.51. The van der Waals surface area contributed by atoms with E-state index in [4.69, 9.17) is 4.74 Å². The molecule has 1 aliphatic heterocycles. The quantitative estimate of drug-likeness (QED) is 0.786. The molecule has 1 unspecified atom stereocenters. The molecular formula is C15H16N4O3S. The van der Waals surface area contributed by atoms with E-state index in [-0.39, 0.29) is 17.3 Å². The zero-order chi connectivity index (χ0) is 16.4. The van der Waals surface area contributed by atoms with Crippen LogP contribution in [0.4, 0.5) is 0 Å². The second kappa shape index (κ2) is 6.41. The largest absolute Gasteiger partial charge is 0.465 e. The first kappa shape index (κ1) is 15.5. The van der Waals surface area contributed by atoms with Gasteiger partial charge in [-0.05, 0) is 17.7 Å². The number of amides is 1. The minimum Gasteiger partial charge on any atom is -0.465 e. The summed E-state index contributed by atoms with van der Waals surface area (Å²) in [5, 5.41) is 8.18. The second-order valence-electron chi connectivity index (χ2n) is 5.20. The zero-order valence-corrected chi connectivity index (χ0v) is 13.6. The molecule has 23 heavy (non-hydrogen) atoms. The summed E-state index contributed by atoms with van der Waals surface area (Å²) in [5.74, 6) is 0.198. The summed E-state index contributed by atoms with van der Waals surface area (Å²) >= 11 is 1.54. The molecule has 0 spiro atoms. The lowest BCUT2D eigenvalue weighted by atomic mass is 10.1. The molecule has 1 aromatic heterocycles. The lowest BCUT2D eigenvalue weighted by Crippen LogP contribution is -2.23. The maximum Gasteiger partial charge on any atom is 0.337 e. The minimum atomic E-state index is -0.367. The highest BCUT2D eigenvalue weighted by molar-refractivity contribution is 8.00. The molecule has 1 atom stereocenters. The van der Waals surface area contributed by atoms with Crippen molar-refractivity contribution in [2.75, 3.05) is 19.9 Å². The van der Waals surface area contributed by atoms with Gasteiger partial charge in [-0.3, -0.25) is 4.79 Å². The van der Waals surface area contributed by atoms with Gasteiger partial charge in [-0.25, -0.2) is 9.48 Å². The molecule has 1 fully saturated rings. The van der Waals surface area contributed by atoms with Gasteiger partial charge in [0, 0.05) is 7.05 Å². The molecular weight excluding hydrogens is 316 g/mol. The molecule has 0 saturated carbocycles. The molecule has 1 amide bonds. The van der Waals surface area contributed by atoms with Gasteiger partial charge in [-0.2, -0.15) is 0 Å². The molecule has 3 rings (SSSR count). The number of carbonyl (C=O) groups is 2. The molecule has 2 heterocycles. The molecule has 120 valence electrons. The molecule has 1 saturated heterocycles. The molecule has 0 radical (unpaired) electrons. The Kier molecular flexibility index (Phi) is 4.33. The third-order valence-corrected chi connectivity index (χ3v) is 4.90. The van der Waals surface area contributed by atoms with Crippen LogP contribution in [-0.4, -0.2) is 51.7 Å². The van der Waals surface area contributed by atoms with Crippen molar-refractivity contribution in [2.24, 2.45) is 0 Å². The maximum absolute atomic E-state index is 11.6. The van der Waals surface area contributed by atoms with Crippen molar-refractivity contribution in [3.8, 4) is 0 Å². The molecule has 0 bridgehead atoms. The summed E-state index contributed by atoms with van der Waals surface area (Å²) < 4.78 is 6.42. The number of carbonyl (C=O) groups excluding carboxylic acids is 2. The van der Waals surface area contributed by atoms with Crippen LogP contribution in [0.15, 0.2) is 30.5 Å². The number of rotatable bonds is 4. The van der Waals surface area contributed by atoms with Crippen LogP contribution in [-0.2, 0) is 16.1 Å². The first-order chi connectivity index (χ1) is 11.1. The fourth-order valence-electron chi connectivity index (χ4n) is 2.38. The minimum absolute atomic E-state index is 0.0855. The SMILES string of the molecule is COC(=O)c1cccc(Cn2cc(C3SCC(=O)N3C)nn2)c1. The van der Waals surface area contributed by atoms with Gasteiger partial charge in [-0.15, -0.1) is 16.9 Å². The number of thioether (sulfide) groups is 1. The van der Waals surface area contributed by atoms with Crippen molar-refractivity contribution < 1.29 is 14.3 Å². The topological polar surface area (TPSA) is 77.3 Å². The third kappa shape index (κ3) is 3.21. The number of ether oxygens (including phenoxy) is 1. The van der Waals surface area contributed by atoms with Gasteiger partial charge >= 0.3 is 5.97 Å². The van der Waals surface area contributed by atoms with E-state index in [1.54, 1.807) is 46.6 Å². The van der Waals surface area contributed by atoms with Gasteiger partial charge < -0.3 is 9.64 Å². The highest BCUT2D eigenvalue weighted by Gasteiger charge is 2.31. The molecule has 2 aromatic rings. The normalized spacial score (nSPS) is 17.6. The van der Waals surface area contributed by atoms with Gasteiger partial charge in [0.2, 0.25) is 5.91 Å². The Morgan fingerprint density at radius 2 is 2.30 bits per heavy atom. The molecule has 8 heteroatoms. The van der Waals surface area contributed by atoms with E-state index in [2.05, 4.69) is 10.3 Å². The number of esters is 1. The van der Waals surface area contributed by atoms with Crippen molar-refractivity contribution in [3.63, 3.8) is 0 Å².